The number of methoxy groups -OCH3 is 1. The molecule has 0 aliphatic carbocycles. The van der Waals surface area contributed by atoms with Gasteiger partial charge in [-0.2, -0.15) is 11.8 Å². The lowest BCUT2D eigenvalue weighted by atomic mass is 10.1. The highest BCUT2D eigenvalue weighted by Crippen LogP contribution is 2.33. The molecule has 22 heavy (non-hydrogen) atoms. The summed E-state index contributed by atoms with van der Waals surface area (Å²) in [7, 11) is 1.36. The minimum Gasteiger partial charge on any atom is -0.494 e. The molecule has 8 heteroatoms. The Labute approximate surface area is 143 Å². The first-order valence-electron chi connectivity index (χ1n) is 6.55. The second-order valence-corrected chi connectivity index (χ2v) is 6.50. The third-order valence-electron chi connectivity index (χ3n) is 2.85. The van der Waals surface area contributed by atoms with Gasteiger partial charge in [-0.05, 0) is 30.1 Å². The van der Waals surface area contributed by atoms with Gasteiger partial charge in [0.15, 0.2) is 5.75 Å². The van der Waals surface area contributed by atoms with E-state index in [1.807, 2.05) is 6.92 Å². The molecule has 0 radical (unpaired) electrons. The first-order chi connectivity index (χ1) is 10.4. The molecule has 1 amide bonds. The summed E-state index contributed by atoms with van der Waals surface area (Å²) >= 11 is 13.6. The van der Waals surface area contributed by atoms with Crippen molar-refractivity contribution >= 4 is 46.8 Å². The Morgan fingerprint density at radius 2 is 2.00 bits per heavy atom. The van der Waals surface area contributed by atoms with Crippen LogP contribution in [-0.4, -0.2) is 41.6 Å². The van der Waals surface area contributed by atoms with Gasteiger partial charge in [0.2, 0.25) is 0 Å². The molecule has 1 aromatic rings. The maximum absolute atomic E-state index is 12.3. The number of carboxylic acids is 1. The van der Waals surface area contributed by atoms with Crippen molar-refractivity contribution in [3.63, 3.8) is 0 Å². The van der Waals surface area contributed by atoms with Gasteiger partial charge in [-0.3, -0.25) is 4.79 Å². The summed E-state index contributed by atoms with van der Waals surface area (Å²) in [4.78, 5) is 23.6. The Kier molecular flexibility index (Phi) is 7.85. The fraction of sp³-hybridized carbons (Fsp3) is 0.429. The van der Waals surface area contributed by atoms with Crippen molar-refractivity contribution in [3.05, 3.63) is 27.7 Å². The Morgan fingerprint density at radius 1 is 1.36 bits per heavy atom. The summed E-state index contributed by atoms with van der Waals surface area (Å²) in [6.07, 6.45) is 0.320. The van der Waals surface area contributed by atoms with Crippen LogP contribution in [0.4, 0.5) is 0 Å². The lowest BCUT2D eigenvalue weighted by Crippen LogP contribution is -2.41. The summed E-state index contributed by atoms with van der Waals surface area (Å²) in [6, 6.07) is 1.97. The molecule has 0 aliphatic heterocycles. The Morgan fingerprint density at radius 3 is 2.55 bits per heavy atom. The molecule has 5 nitrogen and oxygen atoms in total. The van der Waals surface area contributed by atoms with Crippen LogP contribution in [0, 0.1) is 0 Å². The first-order valence-corrected chi connectivity index (χ1v) is 8.46. The van der Waals surface area contributed by atoms with Gasteiger partial charge in [-0.25, -0.2) is 4.79 Å². The van der Waals surface area contributed by atoms with Crippen molar-refractivity contribution in [2.24, 2.45) is 0 Å². The average Bonchev–Trinajstić information content (AvgIpc) is 2.47. The standard InChI is InChI=1S/C14H17Cl2NO4S/c1-3-22-7-6-10(14(19)20)17-13(18)11-8(15)4-5-9(16)12(11)21-2/h4-5,10H,3,6-7H2,1-2H3,(H,17,18)(H,19,20). The van der Waals surface area contributed by atoms with Gasteiger partial charge in [-0.15, -0.1) is 0 Å². The van der Waals surface area contributed by atoms with Crippen LogP contribution < -0.4 is 10.1 Å². The van der Waals surface area contributed by atoms with Gasteiger partial charge in [-0.1, -0.05) is 30.1 Å². The number of thioether (sulfide) groups is 1. The smallest absolute Gasteiger partial charge is 0.326 e. The number of nitrogens with one attached hydrogen (secondary N) is 1. The lowest BCUT2D eigenvalue weighted by Gasteiger charge is -2.17. The van der Waals surface area contributed by atoms with Crippen LogP contribution >= 0.6 is 35.0 Å². The summed E-state index contributed by atoms with van der Waals surface area (Å²) in [5.74, 6) is -0.0817. The molecule has 1 unspecified atom stereocenters. The fourth-order valence-corrected chi connectivity index (χ4v) is 2.94. The third-order valence-corrected chi connectivity index (χ3v) is 4.39. The summed E-state index contributed by atoms with van der Waals surface area (Å²) in [5, 5.41) is 12.0. The van der Waals surface area contributed by atoms with Crippen molar-refractivity contribution in [1.29, 1.82) is 0 Å². The molecule has 1 rings (SSSR count). The normalized spacial score (nSPS) is 11.8. The largest absolute Gasteiger partial charge is 0.494 e. The van der Waals surface area contributed by atoms with Crippen LogP contribution in [0.25, 0.3) is 0 Å². The summed E-state index contributed by atoms with van der Waals surface area (Å²) < 4.78 is 5.09. The van der Waals surface area contributed by atoms with Gasteiger partial charge in [0.05, 0.1) is 17.2 Å². The molecule has 122 valence electrons. The Bertz CT molecular complexity index is 554. The van der Waals surface area contributed by atoms with Crippen molar-refractivity contribution in [2.75, 3.05) is 18.6 Å². The van der Waals surface area contributed by atoms with Gasteiger partial charge >= 0.3 is 5.97 Å². The van der Waals surface area contributed by atoms with Gasteiger partial charge in [0, 0.05) is 0 Å². The van der Waals surface area contributed by atoms with E-state index in [4.69, 9.17) is 27.9 Å². The predicted molar refractivity (Wildman–Crippen MR) is 89.5 cm³/mol. The maximum Gasteiger partial charge on any atom is 0.326 e. The second kappa shape index (κ2) is 9.12. The minimum absolute atomic E-state index is 0.0334. The number of carboxylic acid groups (broad SMARTS) is 1. The molecule has 0 saturated carbocycles. The van der Waals surface area contributed by atoms with E-state index in [-0.39, 0.29) is 21.4 Å². The third kappa shape index (κ3) is 4.97. The number of carbonyl (C=O) groups is 2. The number of hydrogen-bond acceptors (Lipinski definition) is 4. The zero-order chi connectivity index (χ0) is 16.7. The minimum atomic E-state index is -1.10. The monoisotopic (exact) mass is 365 g/mol. The van der Waals surface area contributed by atoms with Crippen molar-refractivity contribution in [1.82, 2.24) is 5.32 Å². The number of carbonyl (C=O) groups excluding carboxylic acids is 1. The van der Waals surface area contributed by atoms with E-state index < -0.39 is 17.9 Å². The van der Waals surface area contributed by atoms with Gasteiger partial charge in [0.25, 0.3) is 5.91 Å². The van der Waals surface area contributed by atoms with E-state index in [1.165, 1.54) is 19.2 Å². The van der Waals surface area contributed by atoms with Crippen LogP contribution in [0.15, 0.2) is 12.1 Å². The molecule has 1 aromatic carbocycles. The van der Waals surface area contributed by atoms with Crippen molar-refractivity contribution in [3.8, 4) is 5.75 Å². The first kappa shape index (κ1) is 18.9. The molecular formula is C14H17Cl2NO4S. The van der Waals surface area contributed by atoms with E-state index in [1.54, 1.807) is 11.8 Å². The summed E-state index contributed by atoms with van der Waals surface area (Å²) in [5.41, 5.74) is 0.0334. The van der Waals surface area contributed by atoms with Crippen LogP contribution in [0.3, 0.4) is 0 Å². The van der Waals surface area contributed by atoms with E-state index in [2.05, 4.69) is 5.32 Å². The number of ether oxygens (including phenoxy) is 1. The highest BCUT2D eigenvalue weighted by atomic mass is 35.5. The quantitative estimate of drug-likeness (QED) is 0.691. The molecule has 2 N–H and O–H groups in total. The number of benzene rings is 1. The predicted octanol–water partition coefficient (Wildman–Crippen LogP) is 3.33. The summed E-state index contributed by atoms with van der Waals surface area (Å²) in [6.45, 7) is 1.98. The van der Waals surface area contributed by atoms with Gasteiger partial charge < -0.3 is 15.2 Å². The molecule has 0 bridgehead atoms. The van der Waals surface area contributed by atoms with Crippen LogP contribution in [0.2, 0.25) is 10.0 Å². The highest BCUT2D eigenvalue weighted by Gasteiger charge is 2.25. The molecular weight excluding hydrogens is 349 g/mol. The Balaban J connectivity index is 2.95. The Hall–Kier alpha value is -1.11. The molecule has 0 spiro atoms. The van der Waals surface area contributed by atoms with E-state index in [0.29, 0.717) is 12.2 Å². The molecule has 1 atom stereocenters. The number of rotatable bonds is 8. The molecule has 0 aliphatic rings. The van der Waals surface area contributed by atoms with Gasteiger partial charge in [0.1, 0.15) is 11.6 Å². The zero-order valence-corrected chi connectivity index (χ0v) is 14.5. The molecule has 0 fully saturated rings. The highest BCUT2D eigenvalue weighted by molar-refractivity contribution is 7.99. The van der Waals surface area contributed by atoms with Crippen LogP contribution in [-0.2, 0) is 4.79 Å². The lowest BCUT2D eigenvalue weighted by molar-refractivity contribution is -0.139. The SMILES string of the molecule is CCSCCC(NC(=O)c1c(Cl)ccc(Cl)c1OC)C(=O)O. The van der Waals surface area contributed by atoms with Crippen molar-refractivity contribution in [2.45, 2.75) is 19.4 Å². The van der Waals surface area contributed by atoms with E-state index in [0.717, 1.165) is 5.75 Å². The number of hydrogen-bond donors (Lipinski definition) is 2. The average molecular weight is 366 g/mol. The maximum atomic E-state index is 12.3. The van der Waals surface area contributed by atoms with E-state index >= 15 is 0 Å². The molecule has 0 heterocycles. The zero-order valence-electron chi connectivity index (χ0n) is 12.2. The van der Waals surface area contributed by atoms with Crippen LogP contribution in [0.1, 0.15) is 23.7 Å². The second-order valence-electron chi connectivity index (χ2n) is 4.29. The van der Waals surface area contributed by atoms with Crippen molar-refractivity contribution < 1.29 is 19.4 Å². The fourth-order valence-electron chi connectivity index (χ4n) is 1.78. The van der Waals surface area contributed by atoms with E-state index in [9.17, 15) is 14.7 Å². The molecule has 0 saturated heterocycles. The number of amides is 1. The number of aliphatic carboxylic acids is 1. The molecule has 0 aromatic heterocycles. The van der Waals surface area contributed by atoms with Crippen LogP contribution in [0.5, 0.6) is 5.75 Å². The topological polar surface area (TPSA) is 75.6 Å². The number of halogens is 2.